The van der Waals surface area contributed by atoms with Crippen LogP contribution in [0.1, 0.15) is 23.7 Å². The van der Waals surface area contributed by atoms with Crippen LogP contribution in [0.4, 0.5) is 5.69 Å². The molecule has 2 rings (SSSR count). The van der Waals surface area contributed by atoms with Crippen molar-refractivity contribution in [2.75, 3.05) is 26.2 Å². The van der Waals surface area contributed by atoms with E-state index in [2.05, 4.69) is 22.1 Å². The van der Waals surface area contributed by atoms with Crippen LogP contribution in [0.25, 0.3) is 0 Å². The third kappa shape index (κ3) is 3.89. The Morgan fingerprint density at radius 1 is 1.67 bits per heavy atom. The second-order valence-corrected chi connectivity index (χ2v) is 5.43. The van der Waals surface area contributed by atoms with Crippen molar-refractivity contribution < 1.29 is 9.72 Å². The summed E-state index contributed by atoms with van der Waals surface area (Å²) in [6.45, 7) is 5.57. The fourth-order valence-corrected chi connectivity index (χ4v) is 2.61. The normalized spacial score (nSPS) is 18.7. The first-order chi connectivity index (χ1) is 10.0. The van der Waals surface area contributed by atoms with Crippen LogP contribution in [0.3, 0.4) is 0 Å². The molecule has 1 aromatic rings. The van der Waals surface area contributed by atoms with E-state index < -0.39 is 10.8 Å². The summed E-state index contributed by atoms with van der Waals surface area (Å²) in [6, 6.07) is 1.22. The Hall–Kier alpha value is -1.73. The van der Waals surface area contributed by atoms with Gasteiger partial charge in [0.05, 0.1) is 4.92 Å². The number of pyridine rings is 1. The van der Waals surface area contributed by atoms with Gasteiger partial charge in [0.25, 0.3) is 11.6 Å². The van der Waals surface area contributed by atoms with E-state index in [0.29, 0.717) is 12.5 Å². The zero-order valence-corrected chi connectivity index (χ0v) is 12.5. The fraction of sp³-hybridized carbons (Fsp3) is 0.538. The highest BCUT2D eigenvalue weighted by molar-refractivity contribution is 6.29. The number of aromatic nitrogens is 1. The lowest BCUT2D eigenvalue weighted by molar-refractivity contribution is -0.385. The van der Waals surface area contributed by atoms with Gasteiger partial charge in [-0.05, 0) is 31.5 Å². The van der Waals surface area contributed by atoms with Crippen LogP contribution in [0.2, 0.25) is 5.15 Å². The summed E-state index contributed by atoms with van der Waals surface area (Å²) in [6.07, 6.45) is 2.03. The third-order valence-corrected chi connectivity index (χ3v) is 3.87. The first-order valence-corrected chi connectivity index (χ1v) is 7.19. The lowest BCUT2D eigenvalue weighted by Crippen LogP contribution is -2.31. The molecule has 0 radical (unpaired) electrons. The van der Waals surface area contributed by atoms with Gasteiger partial charge < -0.3 is 10.2 Å². The lowest BCUT2D eigenvalue weighted by atomic mass is 10.1. The van der Waals surface area contributed by atoms with Gasteiger partial charge >= 0.3 is 0 Å². The zero-order chi connectivity index (χ0) is 15.4. The second kappa shape index (κ2) is 6.82. The monoisotopic (exact) mass is 312 g/mol. The lowest BCUT2D eigenvalue weighted by Gasteiger charge is -2.13. The van der Waals surface area contributed by atoms with E-state index in [1.54, 1.807) is 0 Å². The second-order valence-electron chi connectivity index (χ2n) is 5.04. The minimum absolute atomic E-state index is 0.0506. The zero-order valence-electron chi connectivity index (χ0n) is 11.7. The number of carbonyl (C=O) groups is 1. The fourth-order valence-electron chi connectivity index (χ4n) is 2.45. The molecule has 8 heteroatoms. The Morgan fingerprint density at radius 3 is 3.05 bits per heavy atom. The molecule has 0 bridgehead atoms. The molecule has 1 aliphatic rings. The van der Waals surface area contributed by atoms with Crippen molar-refractivity contribution in [2.24, 2.45) is 5.92 Å². The highest BCUT2D eigenvalue weighted by Crippen LogP contribution is 2.21. The average Bonchev–Trinajstić information content (AvgIpc) is 2.92. The Bertz CT molecular complexity index is 552. The van der Waals surface area contributed by atoms with E-state index in [4.69, 9.17) is 11.6 Å². The van der Waals surface area contributed by atoms with Gasteiger partial charge in [-0.2, -0.15) is 0 Å². The number of nitrogens with one attached hydrogen (secondary N) is 1. The molecule has 1 aromatic heterocycles. The molecule has 7 nitrogen and oxygen atoms in total. The summed E-state index contributed by atoms with van der Waals surface area (Å²) in [4.78, 5) is 28.3. The van der Waals surface area contributed by atoms with Crippen molar-refractivity contribution >= 4 is 23.2 Å². The minimum atomic E-state index is -0.632. The molecular weight excluding hydrogens is 296 g/mol. The molecule has 1 atom stereocenters. The van der Waals surface area contributed by atoms with Gasteiger partial charge in [-0.15, -0.1) is 0 Å². The number of nitro groups is 1. The van der Waals surface area contributed by atoms with Crippen LogP contribution in [-0.2, 0) is 0 Å². The molecule has 1 amide bonds. The van der Waals surface area contributed by atoms with E-state index >= 15 is 0 Å². The van der Waals surface area contributed by atoms with E-state index in [9.17, 15) is 14.9 Å². The molecule has 114 valence electrons. The van der Waals surface area contributed by atoms with Gasteiger partial charge in [0.1, 0.15) is 16.9 Å². The van der Waals surface area contributed by atoms with E-state index in [1.807, 2.05) is 0 Å². The summed E-state index contributed by atoms with van der Waals surface area (Å²) in [5.74, 6) is -0.105. The minimum Gasteiger partial charge on any atom is -0.351 e. The molecule has 0 aromatic carbocycles. The molecule has 0 spiro atoms. The molecule has 0 aliphatic carbocycles. The maximum absolute atomic E-state index is 12.1. The number of carbonyl (C=O) groups excluding carboxylic acids is 1. The summed E-state index contributed by atoms with van der Waals surface area (Å²) in [5, 5.41) is 13.7. The molecule has 21 heavy (non-hydrogen) atoms. The first-order valence-electron chi connectivity index (χ1n) is 6.81. The Morgan fingerprint density at radius 2 is 2.43 bits per heavy atom. The topological polar surface area (TPSA) is 88.4 Å². The van der Waals surface area contributed by atoms with Crippen LogP contribution in [0.5, 0.6) is 0 Å². The first kappa shape index (κ1) is 15.7. The van der Waals surface area contributed by atoms with Gasteiger partial charge in [0.2, 0.25) is 0 Å². The maximum atomic E-state index is 12.1. The van der Waals surface area contributed by atoms with Crippen molar-refractivity contribution in [3.05, 3.63) is 33.1 Å². The number of likely N-dealkylation sites (tertiary alicyclic amines) is 1. The van der Waals surface area contributed by atoms with Crippen molar-refractivity contribution in [2.45, 2.75) is 13.3 Å². The van der Waals surface area contributed by atoms with Gasteiger partial charge in [0.15, 0.2) is 0 Å². The van der Waals surface area contributed by atoms with Gasteiger partial charge in [-0.3, -0.25) is 14.9 Å². The van der Waals surface area contributed by atoms with Crippen molar-refractivity contribution in [1.82, 2.24) is 15.2 Å². The van der Waals surface area contributed by atoms with Crippen molar-refractivity contribution in [3.63, 3.8) is 0 Å². The smallest absolute Gasteiger partial charge is 0.300 e. The number of rotatable bonds is 5. The van der Waals surface area contributed by atoms with Crippen molar-refractivity contribution in [3.8, 4) is 0 Å². The van der Waals surface area contributed by atoms with Crippen LogP contribution >= 0.6 is 11.6 Å². The van der Waals surface area contributed by atoms with E-state index in [1.165, 1.54) is 6.07 Å². The van der Waals surface area contributed by atoms with E-state index in [0.717, 1.165) is 32.3 Å². The van der Waals surface area contributed by atoms with Crippen LogP contribution in [0.15, 0.2) is 12.3 Å². The standard InChI is InChI=1S/C13H17ClN4O3/c1-2-17-4-3-9(8-17)6-16-13(19)10-5-12(14)15-7-11(10)18(20)21/h5,7,9H,2-4,6,8H2,1H3,(H,16,19). The quantitative estimate of drug-likeness (QED) is 0.508. The molecule has 0 saturated carbocycles. The highest BCUT2D eigenvalue weighted by atomic mass is 35.5. The SMILES string of the molecule is CCN1CCC(CNC(=O)c2cc(Cl)ncc2[N+](=O)[O-])C1. The molecule has 1 N–H and O–H groups in total. The van der Waals surface area contributed by atoms with Gasteiger partial charge in [-0.25, -0.2) is 4.98 Å². The highest BCUT2D eigenvalue weighted by Gasteiger charge is 2.24. The van der Waals surface area contributed by atoms with Crippen molar-refractivity contribution in [1.29, 1.82) is 0 Å². The number of amides is 1. The summed E-state index contributed by atoms with van der Waals surface area (Å²) < 4.78 is 0. The van der Waals surface area contributed by atoms with Gasteiger partial charge in [-0.1, -0.05) is 18.5 Å². The molecular formula is C13H17ClN4O3. The number of halogens is 1. The van der Waals surface area contributed by atoms with Crippen LogP contribution in [-0.4, -0.2) is 46.9 Å². The van der Waals surface area contributed by atoms with E-state index in [-0.39, 0.29) is 16.4 Å². The number of hydrogen-bond donors (Lipinski definition) is 1. The summed E-state index contributed by atoms with van der Waals surface area (Å²) in [7, 11) is 0. The summed E-state index contributed by atoms with van der Waals surface area (Å²) >= 11 is 5.71. The molecule has 1 aliphatic heterocycles. The Balaban J connectivity index is 2.00. The van der Waals surface area contributed by atoms with Gasteiger partial charge in [0, 0.05) is 13.1 Å². The average molecular weight is 313 g/mol. The van der Waals surface area contributed by atoms with Crippen LogP contribution in [0, 0.1) is 16.0 Å². The molecule has 1 saturated heterocycles. The predicted octanol–water partition coefficient (Wildman–Crippen LogP) is 1.71. The molecule has 2 heterocycles. The number of hydrogen-bond acceptors (Lipinski definition) is 5. The maximum Gasteiger partial charge on any atom is 0.300 e. The number of nitrogens with zero attached hydrogens (tertiary/aromatic N) is 3. The predicted molar refractivity (Wildman–Crippen MR) is 78.5 cm³/mol. The Kier molecular flexibility index (Phi) is 5.08. The Labute approximate surface area is 127 Å². The molecule has 1 unspecified atom stereocenters. The largest absolute Gasteiger partial charge is 0.351 e. The summed E-state index contributed by atoms with van der Waals surface area (Å²) in [5.41, 5.74) is -0.385. The van der Waals surface area contributed by atoms with Crippen LogP contribution < -0.4 is 5.32 Å². The third-order valence-electron chi connectivity index (χ3n) is 3.66. The molecule has 1 fully saturated rings.